The highest BCUT2D eigenvalue weighted by Gasteiger charge is 2.59. The van der Waals surface area contributed by atoms with Crippen molar-refractivity contribution in [3.63, 3.8) is 0 Å². The minimum Gasteiger partial charge on any atom is -0.396 e. The smallest absolute Gasteiger partial charge is 0.131 e. The molecule has 1 aromatic heterocycles. The first-order valence-corrected chi connectivity index (χ1v) is 6.05. The predicted octanol–water partition coefficient (Wildman–Crippen LogP) is 2.17. The molecule has 1 aromatic rings. The summed E-state index contributed by atoms with van der Waals surface area (Å²) in [6.07, 6.45) is 2.71. The van der Waals surface area contributed by atoms with Crippen LogP contribution in [0.3, 0.4) is 0 Å². The van der Waals surface area contributed by atoms with Crippen LogP contribution >= 0.6 is 27.5 Å². The molecule has 1 aliphatic carbocycles. The lowest BCUT2D eigenvalue weighted by Crippen LogP contribution is -2.14. The van der Waals surface area contributed by atoms with Crippen molar-refractivity contribution in [2.24, 2.45) is 5.92 Å². The zero-order chi connectivity index (χ0) is 10.6. The number of pyridine rings is 1. The topological polar surface area (TPSA) is 45.1 Å². The third-order valence-corrected chi connectivity index (χ3v) is 4.72. The van der Waals surface area contributed by atoms with Crippen molar-refractivity contribution in [3.8, 4) is 0 Å². The molecule has 1 spiro atoms. The normalized spacial score (nSPS) is 31.5. The fourth-order valence-electron chi connectivity index (χ4n) is 2.53. The van der Waals surface area contributed by atoms with Crippen molar-refractivity contribution in [2.45, 2.75) is 11.8 Å². The Hall–Kier alpha value is -0.320. The second-order valence-corrected chi connectivity index (χ2v) is 5.47. The van der Waals surface area contributed by atoms with Gasteiger partial charge in [-0.1, -0.05) is 11.6 Å². The van der Waals surface area contributed by atoms with Gasteiger partial charge in [-0.05, 0) is 28.3 Å². The molecule has 3 nitrogen and oxygen atoms in total. The molecule has 0 amide bonds. The van der Waals surface area contributed by atoms with E-state index in [1.165, 1.54) is 0 Å². The van der Waals surface area contributed by atoms with Crippen LogP contribution in [0.2, 0.25) is 5.02 Å². The van der Waals surface area contributed by atoms with E-state index in [-0.39, 0.29) is 12.0 Å². The van der Waals surface area contributed by atoms with E-state index in [0.29, 0.717) is 5.92 Å². The average Bonchev–Trinajstić information content (AvgIpc) is 2.81. The van der Waals surface area contributed by atoms with Crippen LogP contribution in [0.15, 0.2) is 10.7 Å². The molecule has 0 aromatic carbocycles. The highest BCUT2D eigenvalue weighted by atomic mass is 79.9. The van der Waals surface area contributed by atoms with Gasteiger partial charge in [0.05, 0.1) is 9.50 Å². The van der Waals surface area contributed by atoms with Crippen LogP contribution < -0.4 is 5.32 Å². The number of hydrogen-bond acceptors (Lipinski definition) is 3. The van der Waals surface area contributed by atoms with Crippen LogP contribution in [0.4, 0.5) is 5.82 Å². The summed E-state index contributed by atoms with van der Waals surface area (Å²) in [7, 11) is 0. The van der Waals surface area contributed by atoms with Gasteiger partial charge in [0.1, 0.15) is 5.82 Å². The minimum atomic E-state index is 0.0396. The molecule has 0 bridgehead atoms. The first kappa shape index (κ1) is 9.87. The third kappa shape index (κ3) is 1.19. The van der Waals surface area contributed by atoms with Gasteiger partial charge >= 0.3 is 0 Å². The maximum atomic E-state index is 9.21. The molecule has 2 N–H and O–H groups in total. The zero-order valence-corrected chi connectivity index (χ0v) is 10.3. The van der Waals surface area contributed by atoms with Gasteiger partial charge < -0.3 is 10.4 Å². The highest BCUT2D eigenvalue weighted by molar-refractivity contribution is 9.10. The van der Waals surface area contributed by atoms with Crippen molar-refractivity contribution in [2.75, 3.05) is 18.5 Å². The van der Waals surface area contributed by atoms with Gasteiger partial charge in [0.2, 0.25) is 0 Å². The number of aliphatic hydroxyl groups is 1. The van der Waals surface area contributed by atoms with Crippen LogP contribution in [-0.4, -0.2) is 23.2 Å². The number of halogens is 2. The molecular formula is C10H10BrClN2O. The van der Waals surface area contributed by atoms with Crippen LogP contribution in [0.5, 0.6) is 0 Å². The Balaban J connectivity index is 2.14. The summed E-state index contributed by atoms with van der Waals surface area (Å²) >= 11 is 9.66. The van der Waals surface area contributed by atoms with Crippen molar-refractivity contribution >= 4 is 33.3 Å². The van der Waals surface area contributed by atoms with Crippen LogP contribution in [0.25, 0.3) is 0 Å². The summed E-state index contributed by atoms with van der Waals surface area (Å²) in [5.41, 5.74) is 1.12. The van der Waals surface area contributed by atoms with E-state index in [4.69, 9.17) is 11.6 Å². The van der Waals surface area contributed by atoms with Gasteiger partial charge in [-0.25, -0.2) is 4.98 Å². The largest absolute Gasteiger partial charge is 0.396 e. The molecular weight excluding hydrogens is 279 g/mol. The molecule has 15 heavy (non-hydrogen) atoms. The Morgan fingerprint density at radius 3 is 3.20 bits per heavy atom. The molecule has 0 saturated heterocycles. The van der Waals surface area contributed by atoms with Gasteiger partial charge in [0.25, 0.3) is 0 Å². The highest BCUT2D eigenvalue weighted by Crippen LogP contribution is 2.60. The van der Waals surface area contributed by atoms with Gasteiger partial charge in [-0.15, -0.1) is 0 Å². The standard InChI is InChI=1S/C10H10BrClN2O/c11-6-2-13-9-7(8(6)12)10(4-14-9)1-5(10)3-15/h2,5,15H,1,3-4H2,(H,13,14)/t5-,10+/m0/s1. The maximum absolute atomic E-state index is 9.21. The fourth-order valence-corrected chi connectivity index (χ4v) is 3.15. The summed E-state index contributed by atoms with van der Waals surface area (Å²) < 4.78 is 0.828. The van der Waals surface area contributed by atoms with Gasteiger partial charge in [0, 0.05) is 30.3 Å². The Bertz CT molecular complexity index is 440. The summed E-state index contributed by atoms with van der Waals surface area (Å²) in [6, 6.07) is 0. The minimum absolute atomic E-state index is 0.0396. The van der Waals surface area contributed by atoms with Gasteiger partial charge in [0.15, 0.2) is 0 Å². The monoisotopic (exact) mass is 288 g/mol. The lowest BCUT2D eigenvalue weighted by Gasteiger charge is -2.10. The molecule has 2 atom stereocenters. The average molecular weight is 290 g/mol. The molecule has 5 heteroatoms. The number of aromatic nitrogens is 1. The number of nitrogens with zero attached hydrogens (tertiary/aromatic N) is 1. The van der Waals surface area contributed by atoms with E-state index >= 15 is 0 Å². The summed E-state index contributed by atoms with van der Waals surface area (Å²) in [6.45, 7) is 1.07. The second kappa shape index (κ2) is 3.09. The second-order valence-electron chi connectivity index (χ2n) is 4.24. The van der Waals surface area contributed by atoms with Gasteiger partial charge in [-0.2, -0.15) is 0 Å². The molecule has 0 unspecified atom stereocenters. The van der Waals surface area contributed by atoms with Gasteiger partial charge in [-0.3, -0.25) is 0 Å². The Labute approximate surface area is 101 Å². The van der Waals surface area contributed by atoms with E-state index in [1.807, 2.05) is 0 Å². The predicted molar refractivity (Wildman–Crippen MR) is 62.3 cm³/mol. The summed E-state index contributed by atoms with van der Waals surface area (Å²) in [4.78, 5) is 4.30. The molecule has 80 valence electrons. The molecule has 3 rings (SSSR count). The summed E-state index contributed by atoms with van der Waals surface area (Å²) in [5.74, 6) is 1.21. The Kier molecular flexibility index (Phi) is 2.03. The van der Waals surface area contributed by atoms with E-state index in [9.17, 15) is 5.11 Å². The number of anilines is 1. The third-order valence-electron chi connectivity index (χ3n) is 3.49. The Morgan fingerprint density at radius 1 is 1.73 bits per heavy atom. The molecule has 2 aliphatic rings. The number of rotatable bonds is 1. The van der Waals surface area contributed by atoms with Crippen LogP contribution in [0, 0.1) is 5.92 Å². The number of aliphatic hydroxyl groups excluding tert-OH is 1. The fraction of sp³-hybridized carbons (Fsp3) is 0.500. The number of nitrogens with one attached hydrogen (secondary N) is 1. The quantitative estimate of drug-likeness (QED) is 0.833. The maximum Gasteiger partial charge on any atom is 0.131 e. The van der Waals surface area contributed by atoms with E-state index in [1.54, 1.807) is 6.20 Å². The van der Waals surface area contributed by atoms with Crippen LogP contribution in [0.1, 0.15) is 12.0 Å². The molecule has 1 fully saturated rings. The van der Waals surface area contributed by atoms with Crippen molar-refractivity contribution < 1.29 is 5.11 Å². The van der Waals surface area contributed by atoms with Crippen molar-refractivity contribution in [3.05, 3.63) is 21.3 Å². The lowest BCUT2D eigenvalue weighted by molar-refractivity contribution is 0.265. The van der Waals surface area contributed by atoms with Crippen LogP contribution in [-0.2, 0) is 5.41 Å². The van der Waals surface area contributed by atoms with E-state index in [2.05, 4.69) is 26.2 Å². The van der Waals surface area contributed by atoms with Crippen molar-refractivity contribution in [1.29, 1.82) is 0 Å². The molecule has 1 saturated carbocycles. The number of hydrogen-bond donors (Lipinski definition) is 2. The lowest BCUT2D eigenvalue weighted by atomic mass is 9.97. The zero-order valence-electron chi connectivity index (χ0n) is 7.93. The first-order chi connectivity index (χ1) is 7.19. The van der Waals surface area contributed by atoms with Crippen molar-refractivity contribution in [1.82, 2.24) is 4.98 Å². The SMILES string of the molecule is OC[C@@H]1C[C@@]12CNc1ncc(Br)c(Cl)c12. The van der Waals surface area contributed by atoms with E-state index in [0.717, 1.165) is 33.8 Å². The molecule has 1 aliphatic heterocycles. The Morgan fingerprint density at radius 2 is 2.53 bits per heavy atom. The van der Waals surface area contributed by atoms with E-state index < -0.39 is 0 Å². The first-order valence-electron chi connectivity index (χ1n) is 4.88. The molecule has 0 radical (unpaired) electrons. The molecule has 2 heterocycles. The summed E-state index contributed by atoms with van der Waals surface area (Å²) in [5, 5.41) is 13.2. The number of fused-ring (bicyclic) bond motifs is 2.